The molecule has 0 aliphatic carbocycles. The summed E-state index contributed by atoms with van der Waals surface area (Å²) < 4.78 is 2.39. The third-order valence-electron chi connectivity index (χ3n) is 12.8. The third-order valence-corrected chi connectivity index (χ3v) is 12.8. The monoisotopic (exact) mass is 814 g/mol. The molecule has 0 aliphatic heterocycles. The number of rotatable bonds is 8. The maximum Gasteiger partial charge on any atom is 0.0546 e. The van der Waals surface area contributed by atoms with Crippen molar-refractivity contribution in [2.45, 2.75) is 0 Å². The predicted molar refractivity (Wildman–Crippen MR) is 272 cm³/mol. The van der Waals surface area contributed by atoms with Gasteiger partial charge in [-0.2, -0.15) is 0 Å². The molecule has 0 saturated carbocycles. The van der Waals surface area contributed by atoms with Crippen molar-refractivity contribution in [2.75, 3.05) is 4.90 Å². The van der Waals surface area contributed by atoms with Crippen LogP contribution < -0.4 is 4.90 Å². The van der Waals surface area contributed by atoms with Crippen LogP contribution in [0.4, 0.5) is 17.1 Å². The van der Waals surface area contributed by atoms with Crippen molar-refractivity contribution >= 4 is 60.4 Å². The Labute approximate surface area is 373 Å². The molecule has 12 aromatic rings. The maximum absolute atomic E-state index is 2.43. The molecule has 300 valence electrons. The molecular weight excluding hydrogens is 773 g/mol. The molecule has 0 N–H and O–H groups in total. The van der Waals surface area contributed by atoms with Gasteiger partial charge in [-0.25, -0.2) is 0 Å². The summed E-state index contributed by atoms with van der Waals surface area (Å²) in [4.78, 5) is 2.43. The minimum atomic E-state index is 1.08. The van der Waals surface area contributed by atoms with E-state index >= 15 is 0 Å². The van der Waals surface area contributed by atoms with E-state index in [2.05, 4.69) is 264 Å². The van der Waals surface area contributed by atoms with Crippen molar-refractivity contribution in [3.05, 3.63) is 255 Å². The summed E-state index contributed by atoms with van der Waals surface area (Å²) in [6.45, 7) is 0. The first kappa shape index (κ1) is 37.3. The van der Waals surface area contributed by atoms with E-state index in [-0.39, 0.29) is 0 Å². The van der Waals surface area contributed by atoms with Crippen molar-refractivity contribution in [3.8, 4) is 50.2 Å². The van der Waals surface area contributed by atoms with E-state index in [4.69, 9.17) is 0 Å². The van der Waals surface area contributed by atoms with Crippen LogP contribution >= 0.6 is 0 Å². The molecule has 2 nitrogen and oxygen atoms in total. The van der Waals surface area contributed by atoms with Crippen molar-refractivity contribution in [3.63, 3.8) is 0 Å². The molecule has 1 heterocycles. The Morgan fingerprint density at radius 1 is 0.266 bits per heavy atom. The van der Waals surface area contributed by atoms with Crippen molar-refractivity contribution in [2.24, 2.45) is 0 Å². The van der Waals surface area contributed by atoms with Crippen LogP contribution in [0.5, 0.6) is 0 Å². The van der Waals surface area contributed by atoms with Crippen LogP contribution in [0.3, 0.4) is 0 Å². The smallest absolute Gasteiger partial charge is 0.0546 e. The van der Waals surface area contributed by atoms with Crippen LogP contribution in [0.25, 0.3) is 93.5 Å². The van der Waals surface area contributed by atoms with E-state index in [1.807, 2.05) is 0 Å². The fraction of sp³-hybridized carbons (Fsp3) is 0. The van der Waals surface area contributed by atoms with Gasteiger partial charge in [-0.3, -0.25) is 0 Å². The van der Waals surface area contributed by atoms with Crippen LogP contribution in [0.2, 0.25) is 0 Å². The lowest BCUT2D eigenvalue weighted by molar-refractivity contribution is 1.18. The Morgan fingerprint density at radius 2 is 0.703 bits per heavy atom. The first-order chi connectivity index (χ1) is 31.7. The van der Waals surface area contributed by atoms with Crippen molar-refractivity contribution in [1.29, 1.82) is 0 Å². The number of aromatic nitrogens is 1. The Kier molecular flexibility index (Phi) is 9.20. The van der Waals surface area contributed by atoms with E-state index in [9.17, 15) is 0 Å². The molecule has 0 atom stereocenters. The Bertz CT molecular complexity index is 3600. The molecule has 0 fully saturated rings. The molecular formula is C62H42N2. The highest BCUT2D eigenvalue weighted by atomic mass is 15.1. The number of hydrogen-bond acceptors (Lipinski definition) is 1. The number of anilines is 3. The predicted octanol–water partition coefficient (Wildman–Crippen LogP) is 17.2. The first-order valence-corrected chi connectivity index (χ1v) is 22.0. The molecule has 0 amide bonds. The van der Waals surface area contributed by atoms with Crippen LogP contribution in [0, 0.1) is 0 Å². The average molecular weight is 815 g/mol. The Hall–Kier alpha value is -8.46. The van der Waals surface area contributed by atoms with Crippen LogP contribution in [0.15, 0.2) is 255 Å². The Morgan fingerprint density at radius 3 is 1.30 bits per heavy atom. The zero-order valence-electron chi connectivity index (χ0n) is 35.1. The summed E-state index contributed by atoms with van der Waals surface area (Å²) in [5.41, 5.74) is 16.2. The van der Waals surface area contributed by atoms with Gasteiger partial charge in [-0.15, -0.1) is 0 Å². The van der Waals surface area contributed by atoms with Crippen LogP contribution in [-0.2, 0) is 0 Å². The summed E-state index contributed by atoms with van der Waals surface area (Å²) in [5.74, 6) is 0. The third kappa shape index (κ3) is 6.70. The summed E-state index contributed by atoms with van der Waals surface area (Å²) >= 11 is 0. The van der Waals surface area contributed by atoms with Gasteiger partial charge in [-0.1, -0.05) is 188 Å². The van der Waals surface area contributed by atoms with E-state index < -0.39 is 0 Å². The second-order valence-corrected chi connectivity index (χ2v) is 16.6. The van der Waals surface area contributed by atoms with Gasteiger partial charge in [0.1, 0.15) is 0 Å². The fourth-order valence-corrected chi connectivity index (χ4v) is 9.55. The summed E-state index contributed by atoms with van der Waals surface area (Å²) in [5, 5.41) is 7.48. The minimum absolute atomic E-state index is 1.08. The van der Waals surface area contributed by atoms with Crippen LogP contribution in [-0.4, -0.2) is 4.57 Å². The van der Waals surface area contributed by atoms with Gasteiger partial charge < -0.3 is 9.47 Å². The van der Waals surface area contributed by atoms with Crippen molar-refractivity contribution < 1.29 is 0 Å². The second kappa shape index (κ2) is 15.8. The average Bonchev–Trinajstić information content (AvgIpc) is 3.71. The van der Waals surface area contributed by atoms with Gasteiger partial charge in [-0.05, 0) is 127 Å². The molecule has 11 aromatic carbocycles. The summed E-state index contributed by atoms with van der Waals surface area (Å²) in [6, 6.07) is 92.8. The van der Waals surface area contributed by atoms with E-state index in [0.717, 1.165) is 39.4 Å². The van der Waals surface area contributed by atoms with Gasteiger partial charge >= 0.3 is 0 Å². The van der Waals surface area contributed by atoms with Crippen molar-refractivity contribution in [1.82, 2.24) is 4.57 Å². The van der Waals surface area contributed by atoms with Gasteiger partial charge in [0.2, 0.25) is 0 Å². The molecule has 2 heteroatoms. The minimum Gasteiger partial charge on any atom is -0.310 e. The van der Waals surface area contributed by atoms with Gasteiger partial charge in [0, 0.05) is 33.4 Å². The van der Waals surface area contributed by atoms with E-state index in [0.29, 0.717) is 0 Å². The lowest BCUT2D eigenvalue weighted by Gasteiger charge is -2.29. The van der Waals surface area contributed by atoms with Gasteiger partial charge in [0.05, 0.1) is 16.7 Å². The molecule has 64 heavy (non-hydrogen) atoms. The number of para-hydroxylation sites is 2. The first-order valence-electron chi connectivity index (χ1n) is 22.0. The molecule has 1 aromatic heterocycles. The zero-order valence-corrected chi connectivity index (χ0v) is 35.1. The zero-order chi connectivity index (χ0) is 42.4. The highest BCUT2D eigenvalue weighted by Crippen LogP contribution is 2.44. The largest absolute Gasteiger partial charge is 0.310 e. The highest BCUT2D eigenvalue weighted by molar-refractivity contribution is 6.09. The number of nitrogens with zero attached hydrogens (tertiary/aromatic N) is 2. The van der Waals surface area contributed by atoms with Gasteiger partial charge in [0.15, 0.2) is 0 Å². The Balaban J connectivity index is 0.995. The van der Waals surface area contributed by atoms with Crippen LogP contribution in [0.1, 0.15) is 0 Å². The summed E-state index contributed by atoms with van der Waals surface area (Å²) in [7, 11) is 0. The molecule has 0 spiro atoms. The molecule has 0 radical (unpaired) electrons. The number of hydrogen-bond donors (Lipinski definition) is 0. The highest BCUT2D eigenvalue weighted by Gasteiger charge is 2.20. The quantitative estimate of drug-likeness (QED) is 0.148. The second-order valence-electron chi connectivity index (χ2n) is 16.6. The fourth-order valence-electron chi connectivity index (χ4n) is 9.55. The standard InChI is InChI=1S/C62H42N2/c1-2-15-47(16-3-1)57-38-33-53(52-28-26-44-14-5-7-18-49(44)40-52)42-62(57)63(55-36-31-46(32-37-55)51-27-25-43-13-4-6-17-48(43)39-51)54-34-29-45(30-35-54)50-19-12-20-56(41-50)64-60-23-10-8-21-58(60)59-22-9-11-24-61(59)64/h1-42H. The molecule has 0 unspecified atom stereocenters. The molecule has 0 bridgehead atoms. The number of benzene rings is 11. The molecule has 0 aliphatic rings. The SMILES string of the molecule is c1ccc(-c2ccc(-c3ccc4ccccc4c3)cc2N(c2ccc(-c3cccc(-n4c5ccccc5c5ccccc54)c3)cc2)c2ccc(-c3ccc4ccccc4c3)cc2)cc1. The van der Waals surface area contributed by atoms with E-state index in [1.165, 1.54) is 71.2 Å². The van der Waals surface area contributed by atoms with E-state index in [1.54, 1.807) is 0 Å². The number of fused-ring (bicyclic) bond motifs is 5. The van der Waals surface area contributed by atoms with Gasteiger partial charge in [0.25, 0.3) is 0 Å². The maximum atomic E-state index is 2.43. The normalized spacial score (nSPS) is 11.4. The molecule has 0 saturated heterocycles. The lowest BCUT2D eigenvalue weighted by Crippen LogP contribution is -2.11. The lowest BCUT2D eigenvalue weighted by atomic mass is 9.95. The molecule has 12 rings (SSSR count). The summed E-state index contributed by atoms with van der Waals surface area (Å²) in [6.07, 6.45) is 0. The topological polar surface area (TPSA) is 8.17 Å².